The highest BCUT2D eigenvalue weighted by molar-refractivity contribution is 7.89. The third-order valence-electron chi connectivity index (χ3n) is 6.66. The third kappa shape index (κ3) is 6.13. The summed E-state index contributed by atoms with van der Waals surface area (Å²) in [6.45, 7) is 5.95. The van der Waals surface area contributed by atoms with E-state index in [1.54, 1.807) is 43.4 Å². The number of nitrogens with zero attached hydrogens (tertiary/aromatic N) is 5. The molecule has 5 rings (SSSR count). The monoisotopic (exact) mass is 568 g/mol. The van der Waals surface area contributed by atoms with Crippen LogP contribution in [0.5, 0.6) is 5.75 Å². The molecule has 0 aliphatic carbocycles. The maximum Gasteiger partial charge on any atom is 0.247 e. The Morgan fingerprint density at radius 1 is 1.08 bits per heavy atom. The summed E-state index contributed by atoms with van der Waals surface area (Å²) in [7, 11) is -2.02. The minimum atomic E-state index is -3.62. The van der Waals surface area contributed by atoms with Gasteiger partial charge < -0.3 is 15.2 Å². The first kappa shape index (κ1) is 27.2. The summed E-state index contributed by atoms with van der Waals surface area (Å²) in [5.74, 6) is 0.404. The van der Waals surface area contributed by atoms with E-state index < -0.39 is 10.0 Å². The second-order valence-corrected chi connectivity index (χ2v) is 11.8. The number of rotatable bonds is 8. The van der Waals surface area contributed by atoms with Crippen LogP contribution in [0, 0.1) is 6.92 Å². The number of phenolic OH excluding ortho intramolecular Hbond substituents is 1. The largest absolute Gasteiger partial charge is 0.508 e. The molecule has 1 aliphatic rings. The molecule has 2 N–H and O–H groups in total. The second-order valence-electron chi connectivity index (χ2n) is 9.39. The molecule has 0 bridgehead atoms. The lowest BCUT2D eigenvalue weighted by molar-refractivity contribution is 0.0368. The fourth-order valence-electron chi connectivity index (χ4n) is 4.40. The molecule has 0 unspecified atom stereocenters. The van der Waals surface area contributed by atoms with Crippen molar-refractivity contribution >= 4 is 44.3 Å². The summed E-state index contributed by atoms with van der Waals surface area (Å²) in [6, 6.07) is 15.0. The van der Waals surface area contributed by atoms with Gasteiger partial charge in [0.2, 0.25) is 16.0 Å². The fraction of sp³-hybridized carbons (Fsp3) is 0.296. The highest BCUT2D eigenvalue weighted by Crippen LogP contribution is 2.33. The standard InChI is InChI=1S/C27H29ClN6O4S/c1-18-15-19(23-17-21(35)5-8-24(23)28)16-25-26(18)30-27(32-31-25)29-20-3-6-22(7-4-20)39(36,37)33(2)9-10-34-11-13-38-14-12-34/h3-8,15-17,35H,9-14H2,1-2H3,(H,29,30,32). The molecular weight excluding hydrogens is 540 g/mol. The number of nitrogens with one attached hydrogen (secondary N) is 1. The van der Waals surface area contributed by atoms with Crippen molar-refractivity contribution < 1.29 is 18.3 Å². The number of morpholine rings is 1. The van der Waals surface area contributed by atoms with Gasteiger partial charge in [0.1, 0.15) is 11.3 Å². The van der Waals surface area contributed by atoms with E-state index in [1.165, 1.54) is 10.4 Å². The van der Waals surface area contributed by atoms with Crippen LogP contribution < -0.4 is 5.32 Å². The third-order valence-corrected chi connectivity index (χ3v) is 8.87. The summed E-state index contributed by atoms with van der Waals surface area (Å²) in [5.41, 5.74) is 4.22. The zero-order valence-electron chi connectivity index (χ0n) is 21.6. The van der Waals surface area contributed by atoms with Crippen LogP contribution in [0.3, 0.4) is 0 Å². The molecule has 0 amide bonds. The number of ether oxygens (including phenoxy) is 1. The van der Waals surface area contributed by atoms with Gasteiger partial charge in [-0.25, -0.2) is 13.4 Å². The van der Waals surface area contributed by atoms with Crippen molar-refractivity contribution in [3.63, 3.8) is 0 Å². The first-order valence-corrected chi connectivity index (χ1v) is 14.3. The van der Waals surface area contributed by atoms with Gasteiger partial charge in [-0.05, 0) is 72.6 Å². The van der Waals surface area contributed by atoms with Crippen molar-refractivity contribution in [2.45, 2.75) is 11.8 Å². The van der Waals surface area contributed by atoms with Gasteiger partial charge in [0.25, 0.3) is 0 Å². The number of halogens is 1. The van der Waals surface area contributed by atoms with Gasteiger partial charge in [0.05, 0.1) is 23.6 Å². The summed E-state index contributed by atoms with van der Waals surface area (Å²) in [6.07, 6.45) is 0. The van der Waals surface area contributed by atoms with Gasteiger partial charge in [-0.1, -0.05) is 11.6 Å². The van der Waals surface area contributed by atoms with Gasteiger partial charge >= 0.3 is 0 Å². The number of benzene rings is 3. The summed E-state index contributed by atoms with van der Waals surface area (Å²) < 4.78 is 32.8. The van der Waals surface area contributed by atoms with E-state index in [0.717, 1.165) is 24.2 Å². The number of aromatic nitrogens is 3. The molecule has 204 valence electrons. The van der Waals surface area contributed by atoms with Crippen LogP contribution in [0.4, 0.5) is 11.6 Å². The summed E-state index contributed by atoms with van der Waals surface area (Å²) >= 11 is 6.33. The smallest absolute Gasteiger partial charge is 0.247 e. The summed E-state index contributed by atoms with van der Waals surface area (Å²) in [5, 5.41) is 22.0. The Morgan fingerprint density at radius 2 is 1.82 bits per heavy atom. The van der Waals surface area contributed by atoms with E-state index in [-0.39, 0.29) is 16.6 Å². The van der Waals surface area contributed by atoms with E-state index >= 15 is 0 Å². The predicted molar refractivity (Wildman–Crippen MR) is 151 cm³/mol. The van der Waals surface area contributed by atoms with E-state index in [4.69, 9.17) is 16.3 Å². The van der Waals surface area contributed by atoms with E-state index in [1.807, 2.05) is 19.1 Å². The number of fused-ring (bicyclic) bond motifs is 1. The first-order chi connectivity index (χ1) is 18.7. The second kappa shape index (κ2) is 11.4. The van der Waals surface area contributed by atoms with Crippen LogP contribution in [0.2, 0.25) is 5.02 Å². The Balaban J connectivity index is 1.29. The maximum atomic E-state index is 13.0. The van der Waals surface area contributed by atoms with E-state index in [9.17, 15) is 13.5 Å². The molecule has 39 heavy (non-hydrogen) atoms. The molecule has 12 heteroatoms. The molecule has 1 fully saturated rings. The Kier molecular flexibility index (Phi) is 7.96. The van der Waals surface area contributed by atoms with Gasteiger partial charge in [0.15, 0.2) is 0 Å². The number of aromatic hydroxyl groups is 1. The average Bonchev–Trinajstić information content (AvgIpc) is 2.94. The Bertz CT molecular complexity index is 1590. The molecule has 1 aliphatic heterocycles. The zero-order chi connectivity index (χ0) is 27.6. The number of hydrogen-bond acceptors (Lipinski definition) is 9. The van der Waals surface area contributed by atoms with Crippen LogP contribution in [0.15, 0.2) is 59.5 Å². The first-order valence-electron chi connectivity index (χ1n) is 12.5. The van der Waals surface area contributed by atoms with E-state index in [0.29, 0.717) is 53.6 Å². The minimum Gasteiger partial charge on any atom is -0.508 e. The molecule has 1 aromatic heterocycles. The summed E-state index contributed by atoms with van der Waals surface area (Å²) in [4.78, 5) is 7.02. The molecular formula is C27H29ClN6O4S. The van der Waals surface area contributed by atoms with Crippen molar-refractivity contribution in [2.75, 3.05) is 51.8 Å². The minimum absolute atomic E-state index is 0.120. The van der Waals surface area contributed by atoms with Crippen molar-refractivity contribution in [1.29, 1.82) is 0 Å². The normalized spacial score (nSPS) is 14.7. The van der Waals surface area contributed by atoms with Crippen molar-refractivity contribution in [3.05, 3.63) is 65.2 Å². The number of aryl methyl sites for hydroxylation is 1. The lowest BCUT2D eigenvalue weighted by Gasteiger charge is -2.28. The molecule has 0 atom stereocenters. The molecule has 0 saturated carbocycles. The predicted octanol–water partition coefficient (Wildman–Crippen LogP) is 4.06. The Morgan fingerprint density at radius 3 is 2.56 bits per heavy atom. The van der Waals surface area contributed by atoms with Crippen LogP contribution in [0.1, 0.15) is 5.56 Å². The molecule has 10 nitrogen and oxygen atoms in total. The van der Waals surface area contributed by atoms with E-state index in [2.05, 4.69) is 25.4 Å². The molecule has 0 spiro atoms. The van der Waals surface area contributed by atoms with Crippen molar-refractivity contribution in [3.8, 4) is 16.9 Å². The molecule has 3 aromatic carbocycles. The topological polar surface area (TPSA) is 121 Å². The molecule has 1 saturated heterocycles. The van der Waals surface area contributed by atoms with Gasteiger partial charge in [0, 0.05) is 49.5 Å². The van der Waals surface area contributed by atoms with Gasteiger partial charge in [-0.2, -0.15) is 4.31 Å². The fourth-order valence-corrected chi connectivity index (χ4v) is 5.79. The van der Waals surface area contributed by atoms with Crippen LogP contribution in [-0.4, -0.2) is 84.4 Å². The Hall–Kier alpha value is -3.35. The quantitative estimate of drug-likeness (QED) is 0.324. The average molecular weight is 569 g/mol. The van der Waals surface area contributed by atoms with Crippen molar-refractivity contribution in [2.24, 2.45) is 0 Å². The molecule has 4 aromatic rings. The highest BCUT2D eigenvalue weighted by Gasteiger charge is 2.22. The lowest BCUT2D eigenvalue weighted by Crippen LogP contribution is -2.41. The number of likely N-dealkylation sites (N-methyl/N-ethyl adjacent to an activating group) is 1. The van der Waals surface area contributed by atoms with Crippen LogP contribution in [-0.2, 0) is 14.8 Å². The zero-order valence-corrected chi connectivity index (χ0v) is 23.2. The SMILES string of the molecule is Cc1cc(-c2cc(O)ccc2Cl)cc2nnc(Nc3ccc(S(=O)(=O)N(C)CCN4CCOCC4)cc3)nc12. The van der Waals surface area contributed by atoms with Crippen LogP contribution >= 0.6 is 11.6 Å². The molecule has 2 heterocycles. The van der Waals surface area contributed by atoms with Crippen molar-refractivity contribution in [1.82, 2.24) is 24.4 Å². The Labute approximate surface area is 232 Å². The van der Waals surface area contributed by atoms with Gasteiger partial charge in [-0.3, -0.25) is 4.90 Å². The maximum absolute atomic E-state index is 13.0. The van der Waals surface area contributed by atoms with Gasteiger partial charge in [-0.15, -0.1) is 10.2 Å². The number of phenols is 1. The van der Waals surface area contributed by atoms with Crippen LogP contribution in [0.25, 0.3) is 22.2 Å². The number of anilines is 2. The molecule has 0 radical (unpaired) electrons. The lowest BCUT2D eigenvalue weighted by atomic mass is 10.0. The number of sulfonamides is 1. The number of hydrogen-bond donors (Lipinski definition) is 2. The highest BCUT2D eigenvalue weighted by atomic mass is 35.5.